The summed E-state index contributed by atoms with van der Waals surface area (Å²) < 4.78 is 18.5. The number of unbranched alkanes of at least 4 members (excludes halogenated alkanes) is 2. The van der Waals surface area contributed by atoms with Crippen LogP contribution in [0.2, 0.25) is 0 Å². The molecule has 1 N–H and O–H groups in total. The Balaban J connectivity index is 2.03. The van der Waals surface area contributed by atoms with Crippen LogP contribution in [0.5, 0.6) is 5.75 Å². The van der Waals surface area contributed by atoms with E-state index in [1.165, 1.54) is 6.07 Å². The minimum absolute atomic E-state index is 0.283. The fourth-order valence-corrected chi connectivity index (χ4v) is 1.54. The number of halogens is 1. The van der Waals surface area contributed by atoms with Crippen LogP contribution in [0.15, 0.2) is 24.3 Å². The molecule has 0 spiro atoms. The van der Waals surface area contributed by atoms with E-state index < -0.39 is 0 Å². The molecule has 3 heteroatoms. The van der Waals surface area contributed by atoms with E-state index in [-0.39, 0.29) is 5.82 Å². The van der Waals surface area contributed by atoms with Crippen LogP contribution < -0.4 is 10.1 Å². The van der Waals surface area contributed by atoms with Crippen molar-refractivity contribution in [1.29, 1.82) is 0 Å². The molecule has 96 valence electrons. The predicted molar refractivity (Wildman–Crippen MR) is 68.9 cm³/mol. The van der Waals surface area contributed by atoms with Gasteiger partial charge < -0.3 is 10.1 Å². The van der Waals surface area contributed by atoms with E-state index in [9.17, 15) is 4.39 Å². The Bertz CT molecular complexity index is 315. The molecule has 17 heavy (non-hydrogen) atoms. The summed E-state index contributed by atoms with van der Waals surface area (Å²) in [5, 5.41) is 3.36. The zero-order chi connectivity index (χ0) is 12.5. The zero-order valence-corrected chi connectivity index (χ0v) is 10.7. The highest BCUT2D eigenvalue weighted by atomic mass is 19.1. The molecular formula is C14H22FNO. The van der Waals surface area contributed by atoms with Gasteiger partial charge in [-0.25, -0.2) is 4.39 Å². The Morgan fingerprint density at radius 2 is 1.94 bits per heavy atom. The highest BCUT2D eigenvalue weighted by molar-refractivity contribution is 5.23. The summed E-state index contributed by atoms with van der Waals surface area (Å²) in [6.07, 6.45) is 3.21. The second kappa shape index (κ2) is 8.07. The molecule has 0 aromatic heterocycles. The van der Waals surface area contributed by atoms with Crippen molar-refractivity contribution in [2.24, 2.45) is 0 Å². The molecule has 0 radical (unpaired) electrons. The molecule has 0 unspecified atom stereocenters. The maximum atomic E-state index is 13.2. The van der Waals surface area contributed by atoms with E-state index in [0.29, 0.717) is 18.4 Å². The largest absolute Gasteiger partial charge is 0.491 e. The average molecular weight is 239 g/mol. The molecule has 0 amide bonds. The normalized spacial score (nSPS) is 10.8. The Morgan fingerprint density at radius 1 is 1.18 bits per heavy atom. The summed E-state index contributed by atoms with van der Waals surface area (Å²) in [4.78, 5) is 0. The van der Waals surface area contributed by atoms with Crippen LogP contribution in [0.4, 0.5) is 4.39 Å². The lowest BCUT2D eigenvalue weighted by Gasteiger charge is -2.08. The van der Waals surface area contributed by atoms with Gasteiger partial charge in [-0.05, 0) is 37.9 Å². The molecule has 1 aromatic rings. The van der Waals surface area contributed by atoms with Crippen LogP contribution in [0.1, 0.15) is 33.1 Å². The van der Waals surface area contributed by atoms with Crippen LogP contribution in [0.3, 0.4) is 0 Å². The second-order valence-corrected chi connectivity index (χ2v) is 4.45. The van der Waals surface area contributed by atoms with Crippen molar-refractivity contribution in [3.63, 3.8) is 0 Å². The lowest BCUT2D eigenvalue weighted by Crippen LogP contribution is -2.23. The number of ether oxygens (including phenoxy) is 1. The minimum atomic E-state index is -0.283. The molecule has 0 aliphatic heterocycles. The monoisotopic (exact) mass is 239 g/mol. The predicted octanol–water partition coefficient (Wildman–Crippen LogP) is 3.37. The lowest BCUT2D eigenvalue weighted by molar-refractivity contribution is 0.290. The summed E-state index contributed by atoms with van der Waals surface area (Å²) in [7, 11) is 0. The molecular weight excluding hydrogens is 217 g/mol. The Labute approximate surface area is 103 Å². The molecule has 0 fully saturated rings. The van der Waals surface area contributed by atoms with Gasteiger partial charge in [-0.1, -0.05) is 26.0 Å². The smallest absolute Gasteiger partial charge is 0.165 e. The zero-order valence-electron chi connectivity index (χ0n) is 10.7. The van der Waals surface area contributed by atoms with Gasteiger partial charge in [0.25, 0.3) is 0 Å². The minimum Gasteiger partial charge on any atom is -0.491 e. The van der Waals surface area contributed by atoms with E-state index in [2.05, 4.69) is 19.2 Å². The van der Waals surface area contributed by atoms with Crippen LogP contribution in [0.25, 0.3) is 0 Å². The molecule has 0 saturated heterocycles. The number of nitrogens with one attached hydrogen (secondary N) is 1. The van der Waals surface area contributed by atoms with Gasteiger partial charge in [-0.2, -0.15) is 0 Å². The van der Waals surface area contributed by atoms with Crippen LogP contribution in [0, 0.1) is 5.82 Å². The van der Waals surface area contributed by atoms with E-state index in [1.54, 1.807) is 18.2 Å². The van der Waals surface area contributed by atoms with Gasteiger partial charge in [-0.3, -0.25) is 0 Å². The molecule has 0 saturated carbocycles. The van der Waals surface area contributed by atoms with E-state index in [4.69, 9.17) is 4.74 Å². The molecule has 2 nitrogen and oxygen atoms in total. The second-order valence-electron chi connectivity index (χ2n) is 4.45. The fraction of sp³-hybridized carbons (Fsp3) is 0.571. The van der Waals surface area contributed by atoms with Crippen molar-refractivity contribution in [3.8, 4) is 5.75 Å². The van der Waals surface area contributed by atoms with Crippen molar-refractivity contribution in [3.05, 3.63) is 30.1 Å². The lowest BCUT2D eigenvalue weighted by atomic mass is 10.2. The number of para-hydroxylation sites is 1. The number of rotatable bonds is 8. The van der Waals surface area contributed by atoms with Crippen molar-refractivity contribution in [2.45, 2.75) is 39.2 Å². The van der Waals surface area contributed by atoms with Gasteiger partial charge in [0, 0.05) is 6.04 Å². The molecule has 0 aliphatic carbocycles. The first kappa shape index (κ1) is 14.0. The molecule has 0 bridgehead atoms. The van der Waals surface area contributed by atoms with E-state index >= 15 is 0 Å². The third kappa shape index (κ3) is 6.27. The summed E-state index contributed by atoms with van der Waals surface area (Å²) in [6, 6.07) is 7.08. The van der Waals surface area contributed by atoms with Crippen LogP contribution >= 0.6 is 0 Å². The van der Waals surface area contributed by atoms with Crippen LogP contribution in [-0.4, -0.2) is 19.2 Å². The highest BCUT2D eigenvalue weighted by Gasteiger charge is 2.00. The SMILES string of the molecule is CC(C)NCCCCCOc1ccccc1F. The summed E-state index contributed by atoms with van der Waals surface area (Å²) in [6.45, 7) is 5.91. The average Bonchev–Trinajstić information content (AvgIpc) is 2.30. The third-order valence-corrected chi connectivity index (χ3v) is 2.47. The van der Waals surface area contributed by atoms with Gasteiger partial charge in [0.2, 0.25) is 0 Å². The van der Waals surface area contributed by atoms with Gasteiger partial charge >= 0.3 is 0 Å². The summed E-state index contributed by atoms with van der Waals surface area (Å²) in [5.74, 6) is 0.0711. The Morgan fingerprint density at radius 3 is 2.65 bits per heavy atom. The van der Waals surface area contributed by atoms with E-state index in [0.717, 1.165) is 25.8 Å². The third-order valence-electron chi connectivity index (χ3n) is 2.47. The van der Waals surface area contributed by atoms with Crippen molar-refractivity contribution in [2.75, 3.05) is 13.2 Å². The number of benzene rings is 1. The first-order valence-corrected chi connectivity index (χ1v) is 6.31. The van der Waals surface area contributed by atoms with Gasteiger partial charge in [-0.15, -0.1) is 0 Å². The Kier molecular flexibility index (Phi) is 6.63. The molecule has 0 aliphatic rings. The molecule has 0 heterocycles. The summed E-state index contributed by atoms with van der Waals surface area (Å²) in [5.41, 5.74) is 0. The highest BCUT2D eigenvalue weighted by Crippen LogP contribution is 2.15. The number of hydrogen-bond acceptors (Lipinski definition) is 2. The Hall–Kier alpha value is -1.09. The van der Waals surface area contributed by atoms with Crippen molar-refractivity contribution in [1.82, 2.24) is 5.32 Å². The van der Waals surface area contributed by atoms with Gasteiger partial charge in [0.05, 0.1) is 6.61 Å². The molecule has 1 rings (SSSR count). The van der Waals surface area contributed by atoms with Crippen molar-refractivity contribution < 1.29 is 9.13 Å². The quantitative estimate of drug-likeness (QED) is 0.702. The van der Waals surface area contributed by atoms with Crippen molar-refractivity contribution >= 4 is 0 Å². The standard InChI is InChI=1S/C14H22FNO/c1-12(2)16-10-6-3-7-11-17-14-9-5-4-8-13(14)15/h4-5,8-9,12,16H,3,6-7,10-11H2,1-2H3. The first-order valence-electron chi connectivity index (χ1n) is 6.31. The summed E-state index contributed by atoms with van der Waals surface area (Å²) >= 11 is 0. The first-order chi connectivity index (χ1) is 8.20. The topological polar surface area (TPSA) is 21.3 Å². The van der Waals surface area contributed by atoms with E-state index in [1.807, 2.05) is 0 Å². The maximum Gasteiger partial charge on any atom is 0.165 e. The van der Waals surface area contributed by atoms with Crippen LogP contribution in [-0.2, 0) is 0 Å². The van der Waals surface area contributed by atoms with Gasteiger partial charge in [0.15, 0.2) is 11.6 Å². The van der Waals surface area contributed by atoms with Gasteiger partial charge in [0.1, 0.15) is 0 Å². The molecule has 1 aromatic carbocycles. The maximum absolute atomic E-state index is 13.2. The fourth-order valence-electron chi connectivity index (χ4n) is 1.54. The number of hydrogen-bond donors (Lipinski definition) is 1. The molecule has 0 atom stereocenters.